The van der Waals surface area contributed by atoms with Gasteiger partial charge in [-0.1, -0.05) is 37.0 Å². The van der Waals surface area contributed by atoms with Crippen LogP contribution in [0.5, 0.6) is 0 Å². The maximum atomic E-state index is 12.7. The molecule has 0 amide bonds. The molecular formula is C17H25NO3S. The predicted octanol–water partition coefficient (Wildman–Crippen LogP) is 3.15. The van der Waals surface area contributed by atoms with Crippen molar-refractivity contribution in [1.82, 2.24) is 4.72 Å². The Kier molecular flexibility index (Phi) is 4.32. The molecule has 1 N–H and O–H groups in total. The number of nitrogens with one attached hydrogen (secondary N) is 1. The molecule has 1 aliphatic carbocycles. The van der Waals surface area contributed by atoms with Crippen molar-refractivity contribution in [2.75, 3.05) is 0 Å². The van der Waals surface area contributed by atoms with E-state index in [9.17, 15) is 8.42 Å². The largest absolute Gasteiger partial charge is 0.370 e. The minimum Gasteiger partial charge on any atom is -0.370 e. The van der Waals surface area contributed by atoms with Crippen LogP contribution in [0.3, 0.4) is 0 Å². The van der Waals surface area contributed by atoms with Gasteiger partial charge >= 0.3 is 0 Å². The molecule has 2 fully saturated rings. The maximum Gasteiger partial charge on any atom is 0.241 e. The standard InChI is InChI=1S/C17H25NO3S/c1-13-6-8-15(9-7-13)22(19,20)18-17(10-4-3-5-11-17)12-16-14(2)21-16/h6-9,14,16,18H,3-5,10-12H2,1-2H3/t14-,16-/m0/s1. The average molecular weight is 323 g/mol. The zero-order valence-corrected chi connectivity index (χ0v) is 14.2. The number of hydrogen-bond acceptors (Lipinski definition) is 3. The molecule has 0 bridgehead atoms. The molecule has 4 nitrogen and oxygen atoms in total. The highest BCUT2D eigenvalue weighted by atomic mass is 32.2. The summed E-state index contributed by atoms with van der Waals surface area (Å²) in [5.41, 5.74) is 0.726. The van der Waals surface area contributed by atoms with Crippen molar-refractivity contribution >= 4 is 10.0 Å². The quantitative estimate of drug-likeness (QED) is 0.847. The van der Waals surface area contributed by atoms with Crippen molar-refractivity contribution in [2.24, 2.45) is 0 Å². The van der Waals surface area contributed by atoms with Gasteiger partial charge in [0.1, 0.15) is 0 Å². The van der Waals surface area contributed by atoms with E-state index < -0.39 is 10.0 Å². The summed E-state index contributed by atoms with van der Waals surface area (Å²) in [6.45, 7) is 4.01. The molecule has 1 aliphatic heterocycles. The molecule has 5 heteroatoms. The number of aryl methyl sites for hydroxylation is 1. The first kappa shape index (κ1) is 16.0. The fourth-order valence-electron chi connectivity index (χ4n) is 3.47. The van der Waals surface area contributed by atoms with E-state index in [0.717, 1.165) is 37.7 Å². The number of sulfonamides is 1. The summed E-state index contributed by atoms with van der Waals surface area (Å²) in [7, 11) is -3.48. The summed E-state index contributed by atoms with van der Waals surface area (Å²) in [6, 6.07) is 7.05. The van der Waals surface area contributed by atoms with E-state index in [0.29, 0.717) is 4.90 Å². The van der Waals surface area contributed by atoms with E-state index in [4.69, 9.17) is 4.74 Å². The van der Waals surface area contributed by atoms with Crippen molar-refractivity contribution in [3.05, 3.63) is 29.8 Å². The third kappa shape index (κ3) is 3.53. The first-order valence-corrected chi connectivity index (χ1v) is 9.65. The van der Waals surface area contributed by atoms with Crippen LogP contribution in [0.4, 0.5) is 0 Å². The summed E-state index contributed by atoms with van der Waals surface area (Å²) < 4.78 is 34.1. The lowest BCUT2D eigenvalue weighted by Gasteiger charge is -2.37. The molecule has 1 heterocycles. The molecule has 1 saturated heterocycles. The van der Waals surface area contributed by atoms with E-state index in [1.807, 2.05) is 19.1 Å². The van der Waals surface area contributed by atoms with Gasteiger partial charge in [-0.05, 0) is 45.2 Å². The SMILES string of the molecule is Cc1ccc(S(=O)(=O)NC2(C[C@@H]3O[C@H]3C)CCCCC2)cc1. The summed E-state index contributed by atoms with van der Waals surface area (Å²) >= 11 is 0. The van der Waals surface area contributed by atoms with Gasteiger partial charge in [0.15, 0.2) is 0 Å². The van der Waals surface area contributed by atoms with E-state index in [2.05, 4.69) is 11.6 Å². The van der Waals surface area contributed by atoms with Gasteiger partial charge in [0, 0.05) is 5.54 Å². The number of epoxide rings is 1. The molecular weight excluding hydrogens is 298 g/mol. The van der Waals surface area contributed by atoms with Gasteiger partial charge in [-0.2, -0.15) is 0 Å². The fraction of sp³-hybridized carbons (Fsp3) is 0.647. The van der Waals surface area contributed by atoms with Crippen LogP contribution in [0.2, 0.25) is 0 Å². The molecule has 0 unspecified atom stereocenters. The maximum absolute atomic E-state index is 12.7. The summed E-state index contributed by atoms with van der Waals surface area (Å²) in [6.07, 6.45) is 6.43. The Morgan fingerprint density at radius 3 is 2.32 bits per heavy atom. The Morgan fingerprint density at radius 1 is 1.18 bits per heavy atom. The molecule has 0 spiro atoms. The summed E-state index contributed by atoms with van der Waals surface area (Å²) in [5, 5.41) is 0. The number of ether oxygens (including phenoxy) is 1. The Hall–Kier alpha value is -0.910. The van der Waals surface area contributed by atoms with Crippen LogP contribution in [0.25, 0.3) is 0 Å². The molecule has 1 aromatic rings. The van der Waals surface area contributed by atoms with Gasteiger partial charge < -0.3 is 4.74 Å². The van der Waals surface area contributed by atoms with Gasteiger partial charge in [-0.3, -0.25) is 0 Å². The van der Waals surface area contributed by atoms with Gasteiger partial charge in [-0.25, -0.2) is 13.1 Å². The molecule has 22 heavy (non-hydrogen) atoms. The second kappa shape index (κ2) is 5.95. The Morgan fingerprint density at radius 2 is 1.77 bits per heavy atom. The van der Waals surface area contributed by atoms with Crippen LogP contribution < -0.4 is 4.72 Å². The average Bonchev–Trinajstić information content (AvgIpc) is 3.14. The van der Waals surface area contributed by atoms with E-state index >= 15 is 0 Å². The van der Waals surface area contributed by atoms with Crippen LogP contribution in [-0.4, -0.2) is 26.2 Å². The third-order valence-corrected chi connectivity index (χ3v) is 6.52. The molecule has 0 aromatic heterocycles. The topological polar surface area (TPSA) is 58.7 Å². The zero-order chi connectivity index (χ0) is 15.8. The highest BCUT2D eigenvalue weighted by molar-refractivity contribution is 7.89. The van der Waals surface area contributed by atoms with Crippen LogP contribution in [0.15, 0.2) is 29.2 Å². The normalized spacial score (nSPS) is 27.5. The van der Waals surface area contributed by atoms with Crippen molar-refractivity contribution in [3.63, 3.8) is 0 Å². The first-order chi connectivity index (χ1) is 10.4. The second-order valence-corrected chi connectivity index (χ2v) is 8.53. The van der Waals surface area contributed by atoms with Crippen molar-refractivity contribution in [3.8, 4) is 0 Å². The number of benzene rings is 1. The molecule has 2 atom stereocenters. The zero-order valence-electron chi connectivity index (χ0n) is 13.3. The second-order valence-electron chi connectivity index (χ2n) is 6.84. The Balaban J connectivity index is 1.81. The molecule has 122 valence electrons. The highest BCUT2D eigenvalue weighted by Crippen LogP contribution is 2.39. The summed E-state index contributed by atoms with van der Waals surface area (Å²) in [4.78, 5) is 0.354. The van der Waals surface area contributed by atoms with Crippen LogP contribution in [0, 0.1) is 6.92 Å². The highest BCUT2D eigenvalue weighted by Gasteiger charge is 2.45. The number of hydrogen-bond donors (Lipinski definition) is 1. The van der Waals surface area contributed by atoms with Gasteiger partial charge in [0.05, 0.1) is 17.1 Å². The third-order valence-electron chi connectivity index (χ3n) is 4.92. The monoisotopic (exact) mass is 323 g/mol. The summed E-state index contributed by atoms with van der Waals surface area (Å²) in [5.74, 6) is 0. The van der Waals surface area contributed by atoms with Crippen LogP contribution >= 0.6 is 0 Å². The van der Waals surface area contributed by atoms with E-state index in [1.165, 1.54) is 6.42 Å². The lowest BCUT2D eigenvalue weighted by Crippen LogP contribution is -2.50. The predicted molar refractivity (Wildman–Crippen MR) is 86.3 cm³/mol. The minimum atomic E-state index is -3.48. The lowest BCUT2D eigenvalue weighted by molar-refractivity contribution is 0.225. The van der Waals surface area contributed by atoms with Gasteiger partial charge in [-0.15, -0.1) is 0 Å². The fourth-order valence-corrected chi connectivity index (χ4v) is 4.94. The first-order valence-electron chi connectivity index (χ1n) is 8.16. The smallest absolute Gasteiger partial charge is 0.241 e. The molecule has 1 saturated carbocycles. The molecule has 3 rings (SSSR count). The Labute approximate surface area is 133 Å². The van der Waals surface area contributed by atoms with Crippen LogP contribution in [-0.2, 0) is 14.8 Å². The molecule has 0 radical (unpaired) electrons. The van der Waals surface area contributed by atoms with E-state index in [1.54, 1.807) is 12.1 Å². The van der Waals surface area contributed by atoms with Crippen molar-refractivity contribution in [2.45, 2.75) is 75.0 Å². The minimum absolute atomic E-state index is 0.207. The molecule has 1 aromatic carbocycles. The number of rotatable bonds is 5. The Bertz CT molecular complexity index is 618. The lowest BCUT2D eigenvalue weighted by atomic mass is 9.79. The van der Waals surface area contributed by atoms with Crippen LogP contribution in [0.1, 0.15) is 51.0 Å². The van der Waals surface area contributed by atoms with E-state index in [-0.39, 0.29) is 17.7 Å². The molecule has 2 aliphatic rings. The van der Waals surface area contributed by atoms with Crippen molar-refractivity contribution in [1.29, 1.82) is 0 Å². The van der Waals surface area contributed by atoms with Gasteiger partial charge in [0.25, 0.3) is 0 Å². The van der Waals surface area contributed by atoms with Gasteiger partial charge in [0.2, 0.25) is 10.0 Å². The van der Waals surface area contributed by atoms with Crippen molar-refractivity contribution < 1.29 is 13.2 Å².